The lowest BCUT2D eigenvalue weighted by atomic mass is 9.98. The van der Waals surface area contributed by atoms with Gasteiger partial charge in [-0.05, 0) is 43.5 Å². The summed E-state index contributed by atoms with van der Waals surface area (Å²) in [6.45, 7) is 0. The van der Waals surface area contributed by atoms with Gasteiger partial charge in [0.15, 0.2) is 4.77 Å². The summed E-state index contributed by atoms with van der Waals surface area (Å²) < 4.78 is 2.59. The SMILES string of the molecule is S=c1[nH]c(=S)c2sc3c(c2[nH]1)CCCC3. The highest BCUT2D eigenvalue weighted by Crippen LogP contribution is 2.35. The average molecular weight is 254 g/mol. The highest BCUT2D eigenvalue weighted by molar-refractivity contribution is 7.72. The van der Waals surface area contributed by atoms with Crippen LogP contribution >= 0.6 is 35.8 Å². The lowest BCUT2D eigenvalue weighted by Gasteiger charge is -2.09. The molecule has 5 heteroatoms. The molecule has 0 unspecified atom stereocenters. The van der Waals surface area contributed by atoms with Crippen LogP contribution in [0.3, 0.4) is 0 Å². The topological polar surface area (TPSA) is 31.6 Å². The third-order valence-corrected chi connectivity index (χ3v) is 4.79. The van der Waals surface area contributed by atoms with Crippen molar-refractivity contribution < 1.29 is 0 Å². The molecule has 2 nitrogen and oxygen atoms in total. The zero-order chi connectivity index (χ0) is 10.4. The van der Waals surface area contributed by atoms with E-state index in [-0.39, 0.29) is 0 Å². The van der Waals surface area contributed by atoms with Crippen molar-refractivity contribution >= 4 is 46.0 Å². The number of thiophene rings is 1. The summed E-state index contributed by atoms with van der Waals surface area (Å²) in [5, 5.41) is 0. The van der Waals surface area contributed by atoms with Gasteiger partial charge in [0.1, 0.15) is 4.64 Å². The maximum Gasteiger partial charge on any atom is 0.175 e. The largest absolute Gasteiger partial charge is 0.331 e. The number of hydrogen-bond acceptors (Lipinski definition) is 3. The molecule has 2 aromatic heterocycles. The molecule has 0 bridgehead atoms. The summed E-state index contributed by atoms with van der Waals surface area (Å²) in [5.41, 5.74) is 2.64. The normalized spacial score (nSPS) is 15.5. The Bertz CT molecular complexity index is 632. The van der Waals surface area contributed by atoms with Gasteiger partial charge in [-0.2, -0.15) is 0 Å². The second-order valence-electron chi connectivity index (χ2n) is 3.82. The molecule has 78 valence electrons. The van der Waals surface area contributed by atoms with E-state index in [0.717, 1.165) is 4.64 Å². The van der Waals surface area contributed by atoms with E-state index in [1.54, 1.807) is 0 Å². The first-order valence-electron chi connectivity index (χ1n) is 5.02. The molecular formula is C10H10N2S3. The van der Waals surface area contributed by atoms with Crippen molar-refractivity contribution in [1.29, 1.82) is 0 Å². The summed E-state index contributed by atoms with van der Waals surface area (Å²) in [6, 6.07) is 0. The van der Waals surface area contributed by atoms with Crippen molar-refractivity contribution in [2.24, 2.45) is 0 Å². The molecule has 2 N–H and O–H groups in total. The van der Waals surface area contributed by atoms with Crippen LogP contribution in [0.25, 0.3) is 10.2 Å². The van der Waals surface area contributed by atoms with Gasteiger partial charge in [0.25, 0.3) is 0 Å². The van der Waals surface area contributed by atoms with Crippen LogP contribution < -0.4 is 0 Å². The van der Waals surface area contributed by atoms with Crippen LogP contribution in [0.15, 0.2) is 0 Å². The minimum absolute atomic E-state index is 0.638. The predicted octanol–water partition coefficient (Wildman–Crippen LogP) is 3.90. The Kier molecular flexibility index (Phi) is 2.26. The number of rotatable bonds is 0. The zero-order valence-electron chi connectivity index (χ0n) is 8.05. The van der Waals surface area contributed by atoms with E-state index in [9.17, 15) is 0 Å². The van der Waals surface area contributed by atoms with Gasteiger partial charge in [-0.1, -0.05) is 12.2 Å². The Morgan fingerprint density at radius 3 is 2.73 bits per heavy atom. The van der Waals surface area contributed by atoms with Gasteiger partial charge in [0.2, 0.25) is 0 Å². The molecule has 3 rings (SSSR count). The van der Waals surface area contributed by atoms with Crippen molar-refractivity contribution in [2.75, 3.05) is 0 Å². The molecule has 1 aliphatic carbocycles. The molecule has 0 spiro atoms. The van der Waals surface area contributed by atoms with Crippen molar-refractivity contribution in [3.63, 3.8) is 0 Å². The summed E-state index contributed by atoms with van der Waals surface area (Å²) >= 11 is 12.2. The van der Waals surface area contributed by atoms with Crippen LogP contribution in [0.2, 0.25) is 0 Å². The Morgan fingerprint density at radius 1 is 1.07 bits per heavy atom. The predicted molar refractivity (Wildman–Crippen MR) is 68.8 cm³/mol. The van der Waals surface area contributed by atoms with Crippen LogP contribution in [0, 0.1) is 9.41 Å². The van der Waals surface area contributed by atoms with Gasteiger partial charge in [-0.25, -0.2) is 0 Å². The molecule has 0 aliphatic heterocycles. The van der Waals surface area contributed by atoms with E-state index >= 15 is 0 Å². The van der Waals surface area contributed by atoms with Crippen LogP contribution in [0.4, 0.5) is 0 Å². The number of hydrogen-bond donors (Lipinski definition) is 2. The fraction of sp³-hybridized carbons (Fsp3) is 0.400. The van der Waals surface area contributed by atoms with Gasteiger partial charge >= 0.3 is 0 Å². The molecule has 0 aromatic carbocycles. The summed E-state index contributed by atoms with van der Waals surface area (Å²) in [7, 11) is 0. The number of nitrogens with one attached hydrogen (secondary N) is 2. The quantitative estimate of drug-likeness (QED) is 0.699. The third kappa shape index (κ3) is 1.49. The molecule has 0 amide bonds. The molecule has 1 aliphatic rings. The number of H-pyrrole nitrogens is 2. The number of fused-ring (bicyclic) bond motifs is 3. The molecule has 0 fully saturated rings. The maximum atomic E-state index is 5.30. The van der Waals surface area contributed by atoms with Crippen LogP contribution in [-0.2, 0) is 12.8 Å². The summed E-state index contributed by atoms with van der Waals surface area (Å²) in [6.07, 6.45) is 4.95. The number of aromatic nitrogens is 2. The molecule has 15 heavy (non-hydrogen) atoms. The van der Waals surface area contributed by atoms with Gasteiger partial charge in [-0.15, -0.1) is 11.3 Å². The second-order valence-corrected chi connectivity index (χ2v) is 5.74. The minimum atomic E-state index is 0.638. The van der Waals surface area contributed by atoms with Crippen LogP contribution in [-0.4, -0.2) is 9.97 Å². The van der Waals surface area contributed by atoms with Crippen molar-refractivity contribution in [2.45, 2.75) is 25.7 Å². The van der Waals surface area contributed by atoms with Gasteiger partial charge in [0.05, 0.1) is 10.2 Å². The Labute approximate surface area is 101 Å². The highest BCUT2D eigenvalue weighted by atomic mass is 32.1. The fourth-order valence-electron chi connectivity index (χ4n) is 2.16. The monoisotopic (exact) mass is 254 g/mol. The van der Waals surface area contributed by atoms with Crippen molar-refractivity contribution in [1.82, 2.24) is 9.97 Å². The van der Waals surface area contributed by atoms with Gasteiger partial charge < -0.3 is 9.97 Å². The van der Waals surface area contributed by atoms with Crippen LogP contribution in [0.5, 0.6) is 0 Å². The third-order valence-electron chi connectivity index (χ3n) is 2.84. The molecule has 0 saturated carbocycles. The fourth-order valence-corrected chi connectivity index (χ4v) is 4.00. The standard InChI is InChI=1S/C10H10N2S3/c13-9-8-7(11-10(14)12-9)5-3-1-2-4-6(5)15-8/h1-4H2,(H2,11,12,13,14). The highest BCUT2D eigenvalue weighted by Gasteiger charge is 2.16. The Hall–Kier alpha value is -0.520. The smallest absolute Gasteiger partial charge is 0.175 e. The summed E-state index contributed by atoms with van der Waals surface area (Å²) in [4.78, 5) is 7.74. The van der Waals surface area contributed by atoms with E-state index in [2.05, 4.69) is 9.97 Å². The molecule has 2 heterocycles. The van der Waals surface area contributed by atoms with Gasteiger partial charge in [-0.3, -0.25) is 0 Å². The number of aromatic amines is 2. The molecule has 2 aromatic rings. The van der Waals surface area contributed by atoms with E-state index in [1.807, 2.05) is 11.3 Å². The lowest BCUT2D eigenvalue weighted by Crippen LogP contribution is -1.98. The Balaban J connectivity index is 2.47. The van der Waals surface area contributed by atoms with Crippen molar-refractivity contribution in [3.05, 3.63) is 19.9 Å². The Morgan fingerprint density at radius 2 is 1.87 bits per heavy atom. The molecule has 0 radical (unpaired) electrons. The average Bonchev–Trinajstić information content (AvgIpc) is 2.57. The molecular weight excluding hydrogens is 244 g/mol. The van der Waals surface area contributed by atoms with Crippen LogP contribution in [0.1, 0.15) is 23.3 Å². The first kappa shape index (κ1) is 9.69. The van der Waals surface area contributed by atoms with E-state index < -0.39 is 0 Å². The van der Waals surface area contributed by atoms with Crippen molar-refractivity contribution in [3.8, 4) is 0 Å². The van der Waals surface area contributed by atoms with E-state index in [4.69, 9.17) is 24.4 Å². The molecule has 0 atom stereocenters. The van der Waals surface area contributed by atoms with E-state index in [1.165, 1.54) is 46.3 Å². The van der Waals surface area contributed by atoms with Gasteiger partial charge in [0, 0.05) is 4.88 Å². The van der Waals surface area contributed by atoms with E-state index in [0.29, 0.717) is 4.77 Å². The minimum Gasteiger partial charge on any atom is -0.331 e. The second kappa shape index (κ2) is 3.50. The first-order chi connectivity index (χ1) is 7.25. The first-order valence-corrected chi connectivity index (χ1v) is 6.66. The number of aryl methyl sites for hydroxylation is 2. The lowest BCUT2D eigenvalue weighted by molar-refractivity contribution is 0.699. The zero-order valence-corrected chi connectivity index (χ0v) is 10.5. The molecule has 0 saturated heterocycles. The summed E-state index contributed by atoms with van der Waals surface area (Å²) in [5.74, 6) is 0. The maximum absolute atomic E-state index is 5.30.